The number of benzene rings is 2. The Morgan fingerprint density at radius 1 is 0.953 bits per heavy atom. The van der Waals surface area contributed by atoms with Crippen molar-refractivity contribution in [3.63, 3.8) is 0 Å². The average Bonchev–Trinajstić information content (AvgIpc) is 3.25. The smallest absolute Gasteiger partial charge is 0.415 e. The number of nitrogens with one attached hydrogen (secondary N) is 2. The molecule has 1 unspecified atom stereocenters. The first-order valence-electron chi connectivity index (χ1n) is 22.2. The van der Waals surface area contributed by atoms with Crippen molar-refractivity contribution in [2.75, 3.05) is 85.5 Å². The van der Waals surface area contributed by atoms with E-state index in [9.17, 15) is 19.2 Å². The third-order valence-electron chi connectivity index (χ3n) is 12.7. The molecular formula is C47H55FN10O6. The summed E-state index contributed by atoms with van der Waals surface area (Å²) >= 11 is 0. The van der Waals surface area contributed by atoms with Crippen LogP contribution < -0.4 is 30.1 Å². The molecule has 9 rings (SSSR count). The van der Waals surface area contributed by atoms with Crippen molar-refractivity contribution in [1.82, 2.24) is 30.1 Å². The summed E-state index contributed by atoms with van der Waals surface area (Å²) in [5.41, 5.74) is 6.40. The van der Waals surface area contributed by atoms with Crippen molar-refractivity contribution >= 4 is 52.5 Å². The minimum absolute atomic E-state index is 0.0103. The number of halogens is 1. The van der Waals surface area contributed by atoms with Gasteiger partial charge in [-0.25, -0.2) is 24.1 Å². The van der Waals surface area contributed by atoms with Crippen LogP contribution in [0.25, 0.3) is 0 Å². The Labute approximate surface area is 372 Å². The largest absolute Gasteiger partial charge is 0.474 e. The number of aromatic nitrogens is 3. The molecule has 64 heavy (non-hydrogen) atoms. The molecule has 7 heterocycles. The summed E-state index contributed by atoms with van der Waals surface area (Å²) in [5, 5.41) is 5.58. The molecule has 16 nitrogen and oxygen atoms in total. The molecule has 0 aliphatic carbocycles. The first-order valence-corrected chi connectivity index (χ1v) is 22.2. The zero-order chi connectivity index (χ0) is 44.7. The molecule has 2 N–H and O–H groups in total. The molecule has 5 aliphatic rings. The average molecular weight is 875 g/mol. The van der Waals surface area contributed by atoms with Gasteiger partial charge in [0.2, 0.25) is 29.5 Å². The topological polar surface area (TPSA) is 166 Å². The number of rotatable bonds is 9. The molecule has 1 atom stereocenters. The van der Waals surface area contributed by atoms with Gasteiger partial charge in [0.25, 0.3) is 0 Å². The molecule has 4 amide bonds. The first kappa shape index (κ1) is 42.9. The number of ether oxygens (including phenoxy) is 2. The number of likely N-dealkylation sites (tertiary alicyclic amines) is 1. The lowest BCUT2D eigenvalue weighted by atomic mass is 9.90. The summed E-state index contributed by atoms with van der Waals surface area (Å²) in [5.74, 6) is -0.151. The Kier molecular flexibility index (Phi) is 11.8. The number of piperidine rings is 1. The van der Waals surface area contributed by atoms with E-state index in [2.05, 4.69) is 47.4 Å². The third-order valence-corrected chi connectivity index (χ3v) is 12.7. The van der Waals surface area contributed by atoms with Crippen LogP contribution in [0, 0.1) is 18.7 Å². The molecule has 3 fully saturated rings. The molecule has 2 aromatic heterocycles. The van der Waals surface area contributed by atoms with Gasteiger partial charge in [-0.3, -0.25) is 29.5 Å². The minimum atomic E-state index is -0.648. The number of pyridine rings is 1. The fraction of sp³-hybridized carbons (Fsp3) is 0.468. The number of fused-ring (bicyclic) bond motifs is 2. The van der Waals surface area contributed by atoms with Crippen molar-refractivity contribution in [3.8, 4) is 5.88 Å². The quantitative estimate of drug-likeness (QED) is 0.214. The van der Waals surface area contributed by atoms with Crippen LogP contribution in [-0.4, -0.2) is 120 Å². The lowest BCUT2D eigenvalue weighted by molar-refractivity contribution is -0.137. The molecule has 5 aliphatic heterocycles. The van der Waals surface area contributed by atoms with Crippen molar-refractivity contribution in [2.24, 2.45) is 5.92 Å². The second kappa shape index (κ2) is 17.7. The maximum absolute atomic E-state index is 15.5. The molecule has 17 heteroatoms. The van der Waals surface area contributed by atoms with Gasteiger partial charge in [-0.15, -0.1) is 0 Å². The van der Waals surface area contributed by atoms with Gasteiger partial charge in [-0.2, -0.15) is 0 Å². The third kappa shape index (κ3) is 9.30. The lowest BCUT2D eigenvalue weighted by Crippen LogP contribution is -2.56. The van der Waals surface area contributed by atoms with Crippen LogP contribution in [0.3, 0.4) is 0 Å². The second-order valence-electron chi connectivity index (χ2n) is 18.4. The monoisotopic (exact) mass is 874 g/mol. The van der Waals surface area contributed by atoms with Gasteiger partial charge in [0, 0.05) is 87.8 Å². The van der Waals surface area contributed by atoms with E-state index in [1.807, 2.05) is 44.7 Å². The van der Waals surface area contributed by atoms with Crippen molar-refractivity contribution in [2.45, 2.75) is 71.4 Å². The van der Waals surface area contributed by atoms with Gasteiger partial charge in [0.15, 0.2) is 0 Å². The fourth-order valence-corrected chi connectivity index (χ4v) is 9.26. The Balaban J connectivity index is 0.742. The van der Waals surface area contributed by atoms with E-state index >= 15 is 4.39 Å². The summed E-state index contributed by atoms with van der Waals surface area (Å²) in [6.45, 7) is 15.2. The van der Waals surface area contributed by atoms with Gasteiger partial charge in [0.05, 0.1) is 43.0 Å². The maximum Gasteiger partial charge on any atom is 0.415 e. The van der Waals surface area contributed by atoms with Gasteiger partial charge in [0.1, 0.15) is 23.7 Å². The maximum atomic E-state index is 15.5. The second-order valence-corrected chi connectivity index (χ2v) is 18.4. The molecule has 0 bridgehead atoms. The Morgan fingerprint density at radius 3 is 2.47 bits per heavy atom. The normalized spacial score (nSPS) is 19.3. The molecule has 336 valence electrons. The van der Waals surface area contributed by atoms with Crippen LogP contribution in [0.5, 0.6) is 5.88 Å². The summed E-state index contributed by atoms with van der Waals surface area (Å²) in [6, 6.07) is 12.9. The van der Waals surface area contributed by atoms with E-state index in [0.717, 1.165) is 66.5 Å². The van der Waals surface area contributed by atoms with E-state index in [1.165, 1.54) is 6.07 Å². The number of nitrogens with zero attached hydrogens (tertiary/aromatic N) is 8. The number of carbonyl (C=O) groups is 4. The number of carbonyl (C=O) groups excluding carboxylic acids is 4. The SMILES string of the molecule is Cc1c(N2CCc3cnc(Nc4ccc(CC(=O)N5CC(CN6CCN(c7ccc(C8CCC(=O)NC8=O)cc7)CC6)C5)c(F)c4)nc3C2)cnc2c1N(C(=O)OC(C)(C)C)CCO2. The summed E-state index contributed by atoms with van der Waals surface area (Å²) in [6.07, 6.45) is 4.73. The van der Waals surface area contributed by atoms with Crippen molar-refractivity contribution in [3.05, 3.63) is 88.6 Å². The van der Waals surface area contributed by atoms with E-state index in [0.29, 0.717) is 93.3 Å². The van der Waals surface area contributed by atoms with Crippen LogP contribution in [0.15, 0.2) is 54.9 Å². The van der Waals surface area contributed by atoms with E-state index in [4.69, 9.17) is 14.5 Å². The minimum Gasteiger partial charge on any atom is -0.474 e. The number of anilines is 5. The highest BCUT2D eigenvalue weighted by atomic mass is 19.1. The van der Waals surface area contributed by atoms with Crippen molar-refractivity contribution < 1.29 is 33.0 Å². The Morgan fingerprint density at radius 2 is 1.73 bits per heavy atom. The first-order chi connectivity index (χ1) is 30.7. The summed E-state index contributed by atoms with van der Waals surface area (Å²) in [7, 11) is 0. The van der Waals surface area contributed by atoms with Crippen LogP contribution in [-0.2, 0) is 38.5 Å². The van der Waals surface area contributed by atoms with E-state index in [1.54, 1.807) is 29.4 Å². The van der Waals surface area contributed by atoms with E-state index < -0.39 is 17.5 Å². The predicted octanol–water partition coefficient (Wildman–Crippen LogP) is 5.10. The standard InChI is InChI=1S/C47H55FN10O6/c1-29-39(24-49-44-42(29)58(19-20-63-44)46(62)64-47(2,3)4)56-14-13-33-23-50-45(52-38(33)28-56)51-34-8-5-32(37(48)22-34)21-41(60)57-26-30(27-57)25-54-15-17-55(18-16-54)35-9-6-31(7-10-35)36-11-12-40(59)53-43(36)61/h5-10,22-24,30,36H,11-21,25-28H2,1-4H3,(H,50,51,52)(H,53,59,61). The lowest BCUT2D eigenvalue weighted by Gasteiger charge is -2.44. The number of imide groups is 1. The summed E-state index contributed by atoms with van der Waals surface area (Å²) < 4.78 is 27.0. The molecule has 0 radical (unpaired) electrons. The Bertz CT molecular complexity index is 2450. The molecule has 4 aromatic rings. The summed E-state index contributed by atoms with van der Waals surface area (Å²) in [4.78, 5) is 74.5. The van der Waals surface area contributed by atoms with Gasteiger partial charge in [-0.05, 0) is 81.5 Å². The van der Waals surface area contributed by atoms with Crippen LogP contribution in [0.2, 0.25) is 0 Å². The van der Waals surface area contributed by atoms with Gasteiger partial charge in [-0.1, -0.05) is 18.2 Å². The molecular weight excluding hydrogens is 820 g/mol. The van der Waals surface area contributed by atoms with E-state index in [-0.39, 0.29) is 30.1 Å². The van der Waals surface area contributed by atoms with Gasteiger partial charge < -0.3 is 29.5 Å². The molecule has 2 aromatic carbocycles. The number of hydrogen-bond acceptors (Lipinski definition) is 13. The predicted molar refractivity (Wildman–Crippen MR) is 239 cm³/mol. The highest BCUT2D eigenvalue weighted by Gasteiger charge is 2.35. The van der Waals surface area contributed by atoms with Crippen LogP contribution in [0.1, 0.15) is 67.5 Å². The van der Waals surface area contributed by atoms with Crippen LogP contribution in [0.4, 0.5) is 37.9 Å². The zero-order valence-electron chi connectivity index (χ0n) is 36.9. The molecule has 3 saturated heterocycles. The number of hydrogen-bond donors (Lipinski definition) is 2. The van der Waals surface area contributed by atoms with Gasteiger partial charge >= 0.3 is 6.09 Å². The zero-order valence-corrected chi connectivity index (χ0v) is 36.9. The van der Waals surface area contributed by atoms with Crippen molar-refractivity contribution in [1.29, 1.82) is 0 Å². The van der Waals surface area contributed by atoms with Crippen LogP contribution >= 0.6 is 0 Å². The molecule has 0 saturated carbocycles. The molecule has 0 spiro atoms. The highest BCUT2D eigenvalue weighted by molar-refractivity contribution is 6.01. The highest BCUT2D eigenvalue weighted by Crippen LogP contribution is 2.40. The fourth-order valence-electron chi connectivity index (χ4n) is 9.26. The Hall–Kier alpha value is -6.36. The number of amides is 4. The number of piperazine rings is 1.